The Labute approximate surface area is 86.1 Å². The number of ketones is 1. The van der Waals surface area contributed by atoms with Crippen molar-refractivity contribution in [1.82, 2.24) is 4.98 Å². The fraction of sp³-hybridized carbons (Fsp3) is 0.300. The summed E-state index contributed by atoms with van der Waals surface area (Å²) in [5.74, 6) is -2.16. The Hall–Kier alpha value is -1.78. The van der Waals surface area contributed by atoms with Gasteiger partial charge < -0.3 is 4.74 Å². The highest BCUT2D eigenvalue weighted by atomic mass is 19.1. The molecule has 0 aromatic carbocycles. The Morgan fingerprint density at radius 1 is 1.53 bits per heavy atom. The number of hydrogen-bond acceptors (Lipinski definition) is 4. The molecule has 80 valence electrons. The second-order valence-electron chi connectivity index (χ2n) is 2.75. The molecule has 0 aliphatic heterocycles. The molecule has 0 N–H and O–H groups in total. The first-order chi connectivity index (χ1) is 7.15. The molecule has 0 saturated carbocycles. The largest absolute Gasteiger partial charge is 0.466 e. The van der Waals surface area contributed by atoms with Gasteiger partial charge in [-0.2, -0.15) is 4.39 Å². The lowest BCUT2D eigenvalue weighted by atomic mass is 10.1. The number of esters is 1. The van der Waals surface area contributed by atoms with E-state index in [0.717, 1.165) is 0 Å². The molecule has 0 saturated heterocycles. The van der Waals surface area contributed by atoms with Gasteiger partial charge in [0.05, 0.1) is 12.2 Å². The maximum absolute atomic E-state index is 13.0. The van der Waals surface area contributed by atoms with E-state index in [1.807, 2.05) is 0 Å². The average molecular weight is 211 g/mol. The van der Waals surface area contributed by atoms with Gasteiger partial charge >= 0.3 is 5.97 Å². The minimum absolute atomic E-state index is 0.189. The van der Waals surface area contributed by atoms with Crippen LogP contribution in [0, 0.1) is 5.95 Å². The predicted octanol–water partition coefficient (Wildman–Crippen LogP) is 1.36. The van der Waals surface area contributed by atoms with E-state index in [1.54, 1.807) is 6.92 Å². The number of carbonyl (C=O) groups is 2. The first-order valence-corrected chi connectivity index (χ1v) is 4.44. The number of nitrogens with zero attached hydrogens (tertiary/aromatic N) is 1. The molecule has 15 heavy (non-hydrogen) atoms. The van der Waals surface area contributed by atoms with Gasteiger partial charge in [-0.1, -0.05) is 0 Å². The molecule has 1 aromatic heterocycles. The normalized spacial score (nSPS) is 9.73. The summed E-state index contributed by atoms with van der Waals surface area (Å²) >= 11 is 0. The first-order valence-electron chi connectivity index (χ1n) is 4.44. The lowest BCUT2D eigenvalue weighted by Gasteiger charge is -2.01. The van der Waals surface area contributed by atoms with Crippen molar-refractivity contribution in [2.45, 2.75) is 13.3 Å². The predicted molar refractivity (Wildman–Crippen MR) is 49.8 cm³/mol. The zero-order valence-electron chi connectivity index (χ0n) is 8.20. The SMILES string of the molecule is CCOC(=O)CC(=O)c1cccnc1F. The summed E-state index contributed by atoms with van der Waals surface area (Å²) in [6, 6.07) is 2.71. The van der Waals surface area contributed by atoms with Crippen molar-refractivity contribution in [2.24, 2.45) is 0 Å². The van der Waals surface area contributed by atoms with Crippen LogP contribution < -0.4 is 0 Å². The smallest absolute Gasteiger partial charge is 0.313 e. The van der Waals surface area contributed by atoms with Gasteiger partial charge in [0.15, 0.2) is 5.78 Å². The van der Waals surface area contributed by atoms with Crippen molar-refractivity contribution in [1.29, 1.82) is 0 Å². The summed E-state index contributed by atoms with van der Waals surface area (Å²) in [5, 5.41) is 0. The van der Waals surface area contributed by atoms with Crippen LogP contribution >= 0.6 is 0 Å². The molecule has 0 bridgehead atoms. The van der Waals surface area contributed by atoms with Crippen LogP contribution in [0.4, 0.5) is 4.39 Å². The highest BCUT2D eigenvalue weighted by Crippen LogP contribution is 2.07. The minimum Gasteiger partial charge on any atom is -0.466 e. The maximum atomic E-state index is 13.0. The summed E-state index contributed by atoms with van der Waals surface area (Å²) in [7, 11) is 0. The number of pyridine rings is 1. The topological polar surface area (TPSA) is 56.3 Å². The molecule has 0 spiro atoms. The Morgan fingerprint density at radius 2 is 2.27 bits per heavy atom. The van der Waals surface area contributed by atoms with Crippen LogP contribution in [-0.2, 0) is 9.53 Å². The zero-order chi connectivity index (χ0) is 11.3. The van der Waals surface area contributed by atoms with Crippen LogP contribution in [0.1, 0.15) is 23.7 Å². The Morgan fingerprint density at radius 3 is 2.87 bits per heavy atom. The number of halogens is 1. The van der Waals surface area contributed by atoms with Gasteiger partial charge in [-0.3, -0.25) is 9.59 Å². The molecule has 0 aliphatic rings. The van der Waals surface area contributed by atoms with E-state index in [1.165, 1.54) is 18.3 Å². The highest BCUT2D eigenvalue weighted by molar-refractivity contribution is 6.05. The average Bonchev–Trinajstić information content (AvgIpc) is 2.18. The zero-order valence-corrected chi connectivity index (χ0v) is 8.20. The van der Waals surface area contributed by atoms with Crippen LogP contribution in [0.2, 0.25) is 0 Å². The monoisotopic (exact) mass is 211 g/mol. The Balaban J connectivity index is 2.70. The Kier molecular flexibility index (Phi) is 3.91. The molecule has 1 heterocycles. The van der Waals surface area contributed by atoms with E-state index in [9.17, 15) is 14.0 Å². The van der Waals surface area contributed by atoms with E-state index in [4.69, 9.17) is 0 Å². The molecule has 1 aromatic rings. The maximum Gasteiger partial charge on any atom is 0.313 e. The molecule has 1 rings (SSSR count). The van der Waals surface area contributed by atoms with Crippen molar-refractivity contribution < 1.29 is 18.7 Å². The molecule has 0 amide bonds. The number of hydrogen-bond donors (Lipinski definition) is 0. The fourth-order valence-electron chi connectivity index (χ4n) is 1.03. The van der Waals surface area contributed by atoms with E-state index in [-0.39, 0.29) is 12.2 Å². The van der Waals surface area contributed by atoms with E-state index >= 15 is 0 Å². The molecule has 0 aliphatic carbocycles. The molecule has 0 radical (unpaired) electrons. The van der Waals surface area contributed by atoms with Gasteiger partial charge in [0.1, 0.15) is 6.42 Å². The van der Waals surface area contributed by atoms with Crippen LogP contribution in [-0.4, -0.2) is 23.3 Å². The van der Waals surface area contributed by atoms with Gasteiger partial charge in [-0.05, 0) is 19.1 Å². The third-order valence-corrected chi connectivity index (χ3v) is 1.67. The molecule has 0 unspecified atom stereocenters. The third kappa shape index (κ3) is 3.12. The lowest BCUT2D eigenvalue weighted by Crippen LogP contribution is -2.13. The summed E-state index contributed by atoms with van der Waals surface area (Å²) < 4.78 is 17.6. The molecule has 0 atom stereocenters. The molecule has 4 nitrogen and oxygen atoms in total. The summed E-state index contributed by atoms with van der Waals surface area (Å²) in [4.78, 5) is 25.6. The fourth-order valence-corrected chi connectivity index (χ4v) is 1.03. The van der Waals surface area contributed by atoms with Crippen LogP contribution in [0.5, 0.6) is 0 Å². The summed E-state index contributed by atoms with van der Waals surface area (Å²) in [6.45, 7) is 1.83. The van der Waals surface area contributed by atoms with Gasteiger partial charge in [-0.15, -0.1) is 0 Å². The molecular weight excluding hydrogens is 201 g/mol. The van der Waals surface area contributed by atoms with Crippen molar-refractivity contribution in [2.75, 3.05) is 6.61 Å². The van der Waals surface area contributed by atoms with Gasteiger partial charge in [0, 0.05) is 6.20 Å². The van der Waals surface area contributed by atoms with Gasteiger partial charge in [0.25, 0.3) is 0 Å². The second-order valence-corrected chi connectivity index (χ2v) is 2.75. The lowest BCUT2D eigenvalue weighted by molar-refractivity contribution is -0.141. The third-order valence-electron chi connectivity index (χ3n) is 1.67. The minimum atomic E-state index is -0.869. The highest BCUT2D eigenvalue weighted by Gasteiger charge is 2.16. The summed E-state index contributed by atoms with van der Waals surface area (Å²) in [6.07, 6.45) is 0.771. The van der Waals surface area contributed by atoms with Crippen molar-refractivity contribution >= 4 is 11.8 Å². The van der Waals surface area contributed by atoms with Crippen molar-refractivity contribution in [3.63, 3.8) is 0 Å². The van der Waals surface area contributed by atoms with Crippen LogP contribution in [0.25, 0.3) is 0 Å². The number of rotatable bonds is 4. The standard InChI is InChI=1S/C10H10FNO3/c1-2-15-9(14)6-8(13)7-4-3-5-12-10(7)11/h3-5H,2,6H2,1H3. The van der Waals surface area contributed by atoms with Gasteiger partial charge in [0.2, 0.25) is 5.95 Å². The number of aromatic nitrogens is 1. The van der Waals surface area contributed by atoms with Crippen LogP contribution in [0.15, 0.2) is 18.3 Å². The van der Waals surface area contributed by atoms with Crippen LogP contribution in [0.3, 0.4) is 0 Å². The van der Waals surface area contributed by atoms with E-state index in [0.29, 0.717) is 0 Å². The first kappa shape index (κ1) is 11.3. The molecular formula is C10H10FNO3. The van der Waals surface area contributed by atoms with Crippen molar-refractivity contribution in [3.05, 3.63) is 29.8 Å². The van der Waals surface area contributed by atoms with E-state index in [2.05, 4.69) is 9.72 Å². The molecule has 5 heteroatoms. The second kappa shape index (κ2) is 5.19. The Bertz CT molecular complexity index is 379. The summed E-state index contributed by atoms with van der Waals surface area (Å²) in [5.41, 5.74) is -0.189. The van der Waals surface area contributed by atoms with E-state index < -0.39 is 24.1 Å². The quantitative estimate of drug-likeness (QED) is 0.326. The number of Topliss-reactive ketones (excluding diaryl/α,β-unsaturated/α-hetero) is 1. The molecule has 0 fully saturated rings. The van der Waals surface area contributed by atoms with Crippen molar-refractivity contribution in [3.8, 4) is 0 Å². The van der Waals surface area contributed by atoms with Gasteiger partial charge in [-0.25, -0.2) is 4.98 Å². The number of carbonyl (C=O) groups excluding carboxylic acids is 2. The number of ether oxygens (including phenoxy) is 1.